The van der Waals surface area contributed by atoms with E-state index in [0.717, 1.165) is 31.6 Å². The molecule has 3 aromatic rings. The predicted molar refractivity (Wildman–Crippen MR) is 117 cm³/mol. The first-order chi connectivity index (χ1) is 14.6. The summed E-state index contributed by atoms with van der Waals surface area (Å²) < 4.78 is 7.27. The number of halogens is 1. The molecule has 2 heterocycles. The Morgan fingerprint density at radius 1 is 1.03 bits per heavy atom. The number of nitrogens with zero attached hydrogens (tertiary/aromatic N) is 2. The van der Waals surface area contributed by atoms with Crippen LogP contribution in [-0.4, -0.2) is 41.5 Å². The third kappa shape index (κ3) is 4.04. The van der Waals surface area contributed by atoms with Crippen molar-refractivity contribution < 1.29 is 14.3 Å². The van der Waals surface area contributed by atoms with Gasteiger partial charge in [-0.3, -0.25) is 9.59 Å². The molecule has 1 saturated heterocycles. The van der Waals surface area contributed by atoms with Gasteiger partial charge in [-0.2, -0.15) is 0 Å². The molecule has 1 aliphatic heterocycles. The SMILES string of the molecule is COc1cc(-n2cccc2)c(Cl)cc1C(=O)Nc1ccc(C(=O)N2CCCC2)cc1. The van der Waals surface area contributed by atoms with Crippen molar-refractivity contribution in [2.24, 2.45) is 0 Å². The molecule has 7 heteroatoms. The van der Waals surface area contributed by atoms with Crippen LogP contribution in [0, 0.1) is 0 Å². The molecule has 0 radical (unpaired) electrons. The van der Waals surface area contributed by atoms with E-state index < -0.39 is 0 Å². The summed E-state index contributed by atoms with van der Waals surface area (Å²) in [5.74, 6) is 0.104. The summed E-state index contributed by atoms with van der Waals surface area (Å²) in [6.45, 7) is 1.60. The molecule has 6 nitrogen and oxygen atoms in total. The Balaban J connectivity index is 1.52. The minimum atomic E-state index is -0.341. The van der Waals surface area contributed by atoms with Crippen LogP contribution in [0.5, 0.6) is 5.75 Å². The van der Waals surface area contributed by atoms with Gasteiger partial charge in [0, 0.05) is 42.8 Å². The maximum Gasteiger partial charge on any atom is 0.259 e. The lowest BCUT2D eigenvalue weighted by molar-refractivity contribution is 0.0792. The molecule has 1 N–H and O–H groups in total. The summed E-state index contributed by atoms with van der Waals surface area (Å²) in [4.78, 5) is 27.2. The fourth-order valence-corrected chi connectivity index (χ4v) is 3.84. The Kier molecular flexibility index (Phi) is 5.77. The van der Waals surface area contributed by atoms with E-state index in [0.29, 0.717) is 27.6 Å². The number of ether oxygens (including phenoxy) is 1. The molecule has 4 rings (SSSR count). The maximum atomic E-state index is 12.8. The zero-order chi connectivity index (χ0) is 21.1. The summed E-state index contributed by atoms with van der Waals surface area (Å²) in [6.07, 6.45) is 5.83. The van der Waals surface area contributed by atoms with Crippen LogP contribution < -0.4 is 10.1 Å². The third-order valence-corrected chi connectivity index (χ3v) is 5.48. The smallest absolute Gasteiger partial charge is 0.259 e. The van der Waals surface area contributed by atoms with Gasteiger partial charge in [-0.05, 0) is 55.3 Å². The number of hydrogen-bond donors (Lipinski definition) is 1. The van der Waals surface area contributed by atoms with Crippen LogP contribution in [0.15, 0.2) is 60.9 Å². The van der Waals surface area contributed by atoms with E-state index in [1.807, 2.05) is 34.0 Å². The van der Waals surface area contributed by atoms with Crippen LogP contribution in [0.25, 0.3) is 5.69 Å². The van der Waals surface area contributed by atoms with Crippen molar-refractivity contribution in [1.29, 1.82) is 0 Å². The van der Waals surface area contributed by atoms with E-state index in [4.69, 9.17) is 16.3 Å². The van der Waals surface area contributed by atoms with Gasteiger partial charge in [0.15, 0.2) is 0 Å². The van der Waals surface area contributed by atoms with Crippen molar-refractivity contribution in [3.05, 3.63) is 77.1 Å². The second-order valence-electron chi connectivity index (χ2n) is 7.12. The average molecular weight is 424 g/mol. The fraction of sp³-hybridized carbons (Fsp3) is 0.217. The molecule has 0 unspecified atom stereocenters. The fourth-order valence-electron chi connectivity index (χ4n) is 3.58. The number of amides is 2. The Morgan fingerprint density at radius 3 is 2.33 bits per heavy atom. The minimum absolute atomic E-state index is 0.0272. The van der Waals surface area contributed by atoms with E-state index in [1.54, 1.807) is 36.4 Å². The van der Waals surface area contributed by atoms with Gasteiger partial charge in [-0.25, -0.2) is 0 Å². The van der Waals surface area contributed by atoms with Crippen molar-refractivity contribution in [3.63, 3.8) is 0 Å². The van der Waals surface area contributed by atoms with E-state index in [9.17, 15) is 9.59 Å². The van der Waals surface area contributed by atoms with Gasteiger partial charge in [-0.1, -0.05) is 11.6 Å². The molecule has 1 aliphatic rings. The summed E-state index contributed by atoms with van der Waals surface area (Å²) in [5.41, 5.74) is 2.26. The van der Waals surface area contributed by atoms with Crippen LogP contribution in [0.1, 0.15) is 33.6 Å². The van der Waals surface area contributed by atoms with Gasteiger partial charge in [0.25, 0.3) is 11.8 Å². The minimum Gasteiger partial charge on any atom is -0.496 e. The van der Waals surface area contributed by atoms with Gasteiger partial charge in [-0.15, -0.1) is 0 Å². The van der Waals surface area contributed by atoms with Crippen LogP contribution in [0.2, 0.25) is 5.02 Å². The molecule has 2 amide bonds. The Hall–Kier alpha value is -3.25. The summed E-state index contributed by atoms with van der Waals surface area (Å²) in [7, 11) is 1.51. The van der Waals surface area contributed by atoms with Gasteiger partial charge in [0.1, 0.15) is 5.75 Å². The molecule has 1 aromatic heterocycles. The number of rotatable bonds is 5. The van der Waals surface area contributed by atoms with Crippen molar-refractivity contribution in [2.75, 3.05) is 25.5 Å². The molecular formula is C23H22ClN3O3. The highest BCUT2D eigenvalue weighted by molar-refractivity contribution is 6.33. The average Bonchev–Trinajstić information content (AvgIpc) is 3.48. The van der Waals surface area contributed by atoms with E-state index >= 15 is 0 Å². The number of carbonyl (C=O) groups excluding carboxylic acids is 2. The first-order valence-corrected chi connectivity index (χ1v) is 10.2. The summed E-state index contributed by atoms with van der Waals surface area (Å²) in [5, 5.41) is 3.27. The summed E-state index contributed by atoms with van der Waals surface area (Å²) >= 11 is 6.42. The summed E-state index contributed by atoms with van der Waals surface area (Å²) in [6, 6.07) is 14.0. The number of benzene rings is 2. The zero-order valence-electron chi connectivity index (χ0n) is 16.6. The number of nitrogens with one attached hydrogen (secondary N) is 1. The Labute approximate surface area is 180 Å². The molecular weight excluding hydrogens is 402 g/mol. The molecule has 0 spiro atoms. The number of methoxy groups -OCH3 is 1. The topological polar surface area (TPSA) is 63.6 Å². The largest absolute Gasteiger partial charge is 0.496 e. The van der Waals surface area contributed by atoms with Gasteiger partial charge >= 0.3 is 0 Å². The normalized spacial score (nSPS) is 13.3. The highest BCUT2D eigenvalue weighted by atomic mass is 35.5. The number of carbonyl (C=O) groups is 2. The van der Waals surface area contributed by atoms with Crippen molar-refractivity contribution in [2.45, 2.75) is 12.8 Å². The van der Waals surface area contributed by atoms with Gasteiger partial charge in [0.05, 0.1) is 23.4 Å². The van der Waals surface area contributed by atoms with E-state index in [2.05, 4.69) is 5.32 Å². The first-order valence-electron chi connectivity index (χ1n) is 9.78. The molecule has 0 bridgehead atoms. The molecule has 2 aromatic carbocycles. The van der Waals surface area contributed by atoms with E-state index in [-0.39, 0.29) is 11.8 Å². The molecule has 0 saturated carbocycles. The standard InChI is InChI=1S/C23H22ClN3O3/c1-30-21-15-20(26-10-2-3-11-26)19(24)14-18(21)22(28)25-17-8-6-16(7-9-17)23(29)27-12-4-5-13-27/h2-3,6-11,14-15H,4-5,12-13H2,1H3,(H,25,28). The van der Waals surface area contributed by atoms with Crippen LogP contribution >= 0.6 is 11.6 Å². The molecule has 30 heavy (non-hydrogen) atoms. The maximum absolute atomic E-state index is 12.8. The number of anilines is 1. The second kappa shape index (κ2) is 8.63. The first kappa shape index (κ1) is 20.0. The van der Waals surface area contributed by atoms with Crippen molar-refractivity contribution in [1.82, 2.24) is 9.47 Å². The van der Waals surface area contributed by atoms with Gasteiger partial charge < -0.3 is 19.5 Å². The highest BCUT2D eigenvalue weighted by Gasteiger charge is 2.20. The number of aromatic nitrogens is 1. The zero-order valence-corrected chi connectivity index (χ0v) is 17.4. The number of likely N-dealkylation sites (tertiary alicyclic amines) is 1. The lowest BCUT2D eigenvalue weighted by Crippen LogP contribution is -2.27. The van der Waals surface area contributed by atoms with Crippen molar-refractivity contribution >= 4 is 29.1 Å². The van der Waals surface area contributed by atoms with Crippen molar-refractivity contribution in [3.8, 4) is 11.4 Å². The lowest BCUT2D eigenvalue weighted by Gasteiger charge is -2.16. The highest BCUT2D eigenvalue weighted by Crippen LogP contribution is 2.30. The quantitative estimate of drug-likeness (QED) is 0.650. The number of hydrogen-bond acceptors (Lipinski definition) is 3. The Bertz CT molecular complexity index is 1060. The van der Waals surface area contributed by atoms with Gasteiger partial charge in [0.2, 0.25) is 0 Å². The van der Waals surface area contributed by atoms with Crippen LogP contribution in [0.3, 0.4) is 0 Å². The predicted octanol–water partition coefficient (Wildman–Crippen LogP) is 4.63. The second-order valence-corrected chi connectivity index (χ2v) is 7.53. The molecule has 0 atom stereocenters. The third-order valence-electron chi connectivity index (χ3n) is 5.18. The van der Waals surface area contributed by atoms with Crippen LogP contribution in [-0.2, 0) is 0 Å². The van der Waals surface area contributed by atoms with E-state index in [1.165, 1.54) is 7.11 Å². The molecule has 0 aliphatic carbocycles. The van der Waals surface area contributed by atoms with Crippen LogP contribution in [0.4, 0.5) is 5.69 Å². The molecule has 1 fully saturated rings. The molecule has 154 valence electrons. The Morgan fingerprint density at radius 2 is 1.70 bits per heavy atom. The monoisotopic (exact) mass is 423 g/mol. The lowest BCUT2D eigenvalue weighted by atomic mass is 10.1.